The highest BCUT2D eigenvalue weighted by molar-refractivity contribution is 6.06. The predicted octanol–water partition coefficient (Wildman–Crippen LogP) is 1.23. The summed E-state index contributed by atoms with van der Waals surface area (Å²) in [6, 6.07) is 14.6. The smallest absolute Gasteiger partial charge is 0.213 e. The van der Waals surface area contributed by atoms with E-state index < -0.39 is 0 Å². The van der Waals surface area contributed by atoms with Crippen LogP contribution in [0.2, 0.25) is 0 Å². The summed E-state index contributed by atoms with van der Waals surface area (Å²) < 4.78 is 34.7. The van der Waals surface area contributed by atoms with Crippen molar-refractivity contribution < 1.29 is 40.2 Å². The summed E-state index contributed by atoms with van der Waals surface area (Å²) in [5.41, 5.74) is 2.44. The molecule has 1 heterocycles. The molecule has 1 aromatic heterocycles. The van der Waals surface area contributed by atoms with Gasteiger partial charge in [0.15, 0.2) is 12.7 Å². The van der Waals surface area contributed by atoms with Gasteiger partial charge >= 0.3 is 0 Å². The average Bonchev–Trinajstić information content (AvgIpc) is 2.68. The van der Waals surface area contributed by atoms with Gasteiger partial charge in [0.1, 0.15) is 24.0 Å². The molecule has 0 unspecified atom stereocenters. The Balaban J connectivity index is 0.00000225. The lowest BCUT2D eigenvalue weighted by Crippen LogP contribution is -3.00. The van der Waals surface area contributed by atoms with Crippen LogP contribution in [0.4, 0.5) is 8.78 Å². The van der Waals surface area contributed by atoms with Crippen molar-refractivity contribution in [1.29, 1.82) is 0 Å². The number of halogens is 3. The van der Waals surface area contributed by atoms with E-state index in [4.69, 9.17) is 4.74 Å². The number of nitrogens with zero attached hydrogens (tertiary/aromatic N) is 1. The molecule has 0 atom stereocenters. The minimum Gasteiger partial charge on any atom is -1.00 e. The lowest BCUT2D eigenvalue weighted by Gasteiger charge is -2.12. The molecule has 3 nitrogen and oxygen atoms in total. The molecule has 0 saturated carbocycles. The second kappa shape index (κ2) is 8.20. The van der Waals surface area contributed by atoms with E-state index in [1.165, 1.54) is 24.3 Å². The average molecular weight is 446 g/mol. The number of aromatic nitrogens is 1. The first-order valence-corrected chi connectivity index (χ1v) is 8.61. The van der Waals surface area contributed by atoms with Gasteiger partial charge in [0.2, 0.25) is 5.52 Å². The van der Waals surface area contributed by atoms with Crippen molar-refractivity contribution in [3.8, 4) is 16.9 Å². The Kier molecular flexibility index (Phi) is 5.91. The van der Waals surface area contributed by atoms with E-state index in [2.05, 4.69) is 0 Å². The molecule has 0 bridgehead atoms. The predicted molar refractivity (Wildman–Crippen MR) is 101 cm³/mol. The van der Waals surface area contributed by atoms with Crippen molar-refractivity contribution in [3.05, 3.63) is 72.4 Å². The van der Waals surface area contributed by atoms with Gasteiger partial charge in [-0.15, -0.1) is 0 Å². The van der Waals surface area contributed by atoms with Gasteiger partial charge in [-0.3, -0.25) is 0 Å². The summed E-state index contributed by atoms with van der Waals surface area (Å²) in [5, 5.41) is 11.8. The Bertz CT molecular complexity index is 1150. The summed E-state index contributed by atoms with van der Waals surface area (Å²) in [7, 11) is 1.58. The second-order valence-electron chi connectivity index (χ2n) is 6.35. The molecule has 3 aromatic carbocycles. The summed E-state index contributed by atoms with van der Waals surface area (Å²) in [6.45, 7) is 0.382. The Morgan fingerprint density at radius 1 is 0.929 bits per heavy atom. The minimum absolute atomic E-state index is 0. The molecule has 4 rings (SSSR count). The van der Waals surface area contributed by atoms with Crippen molar-refractivity contribution in [1.82, 2.24) is 0 Å². The van der Waals surface area contributed by atoms with Gasteiger partial charge in [-0.25, -0.2) is 8.78 Å². The molecule has 0 aliphatic carbocycles. The van der Waals surface area contributed by atoms with E-state index in [0.29, 0.717) is 12.3 Å². The van der Waals surface area contributed by atoms with Gasteiger partial charge < -0.3 is 26.8 Å². The van der Waals surface area contributed by atoms with Crippen molar-refractivity contribution in [2.24, 2.45) is 0 Å². The molecule has 0 fully saturated rings. The van der Waals surface area contributed by atoms with Gasteiger partial charge in [-0.2, -0.15) is 4.57 Å². The fourth-order valence-electron chi connectivity index (χ4n) is 3.46. The van der Waals surface area contributed by atoms with Crippen LogP contribution in [-0.2, 0) is 6.54 Å². The van der Waals surface area contributed by atoms with E-state index in [-0.39, 0.29) is 35.2 Å². The van der Waals surface area contributed by atoms with Crippen molar-refractivity contribution in [2.45, 2.75) is 6.54 Å². The summed E-state index contributed by atoms with van der Waals surface area (Å²) in [6.07, 6.45) is 1.92. The minimum atomic E-state index is -0.329. The van der Waals surface area contributed by atoms with Crippen LogP contribution in [0.15, 0.2) is 60.8 Å². The molecule has 0 amide bonds. The van der Waals surface area contributed by atoms with Gasteiger partial charge in [-0.1, -0.05) is 12.1 Å². The molecule has 0 saturated heterocycles. The molecule has 144 valence electrons. The highest BCUT2D eigenvalue weighted by Gasteiger charge is 2.17. The number of methoxy groups -OCH3 is 1. The third-order valence-corrected chi connectivity index (χ3v) is 4.72. The van der Waals surface area contributed by atoms with E-state index in [9.17, 15) is 13.9 Å². The first-order valence-electron chi connectivity index (χ1n) is 8.61. The van der Waals surface area contributed by atoms with Crippen LogP contribution in [-0.4, -0.2) is 18.8 Å². The number of aliphatic hydroxyl groups is 1. The third kappa shape index (κ3) is 3.57. The summed E-state index contributed by atoms with van der Waals surface area (Å²) in [4.78, 5) is 0. The maximum atomic E-state index is 14.0. The van der Waals surface area contributed by atoms with Crippen molar-refractivity contribution in [3.63, 3.8) is 0 Å². The highest BCUT2D eigenvalue weighted by Crippen LogP contribution is 2.36. The number of hydrogen-bond donors (Lipinski definition) is 1. The van der Waals surface area contributed by atoms with Gasteiger partial charge in [0.05, 0.1) is 17.9 Å². The summed E-state index contributed by atoms with van der Waals surface area (Å²) in [5.74, 6) is 0.00109. The fraction of sp³-hybridized carbons (Fsp3) is 0.136. The van der Waals surface area contributed by atoms with Gasteiger partial charge in [-0.05, 0) is 42.0 Å². The number of ether oxygens (including phenoxy) is 1. The standard InChI is InChI=1S/C22H18F2NO2.BrH/c1-27-22-10-15-13-25(8-9-26)21-7-6-17(24)11-20(21)18(15)12-19(22)14-2-4-16(23)5-3-14;/h2-7,10-13,26H,8-9H2,1H3;1H/q+1;/p-1. The van der Waals surface area contributed by atoms with Gasteiger partial charge in [0, 0.05) is 17.0 Å². The van der Waals surface area contributed by atoms with Crippen LogP contribution in [0.3, 0.4) is 0 Å². The first kappa shape index (κ1) is 20.2. The maximum Gasteiger partial charge on any atom is 0.213 e. The van der Waals surface area contributed by atoms with Crippen LogP contribution >= 0.6 is 0 Å². The molecule has 1 N–H and O–H groups in total. The molecule has 0 spiro atoms. The fourth-order valence-corrected chi connectivity index (χ4v) is 3.46. The van der Waals surface area contributed by atoms with E-state index in [1.807, 2.05) is 22.9 Å². The van der Waals surface area contributed by atoms with Crippen LogP contribution in [0.5, 0.6) is 5.75 Å². The lowest BCUT2D eigenvalue weighted by molar-refractivity contribution is -0.671. The lowest BCUT2D eigenvalue weighted by atomic mass is 9.98. The van der Waals surface area contributed by atoms with Gasteiger partial charge in [0.25, 0.3) is 0 Å². The van der Waals surface area contributed by atoms with Crippen molar-refractivity contribution >= 4 is 21.7 Å². The molecular formula is C22H18BrF2NO2. The maximum absolute atomic E-state index is 14.0. The quantitative estimate of drug-likeness (QED) is 0.378. The number of pyridine rings is 1. The van der Waals surface area contributed by atoms with Crippen LogP contribution < -0.4 is 26.3 Å². The van der Waals surface area contributed by atoms with E-state index in [0.717, 1.165) is 32.8 Å². The number of aliphatic hydroxyl groups excluding tert-OH is 1. The largest absolute Gasteiger partial charge is 1.00 e. The topological polar surface area (TPSA) is 33.3 Å². The number of hydrogen-bond acceptors (Lipinski definition) is 2. The summed E-state index contributed by atoms with van der Waals surface area (Å²) >= 11 is 0. The Morgan fingerprint density at radius 3 is 2.32 bits per heavy atom. The zero-order chi connectivity index (χ0) is 19.0. The normalized spacial score (nSPS) is 10.9. The molecule has 0 aliphatic heterocycles. The monoisotopic (exact) mass is 445 g/mol. The zero-order valence-corrected chi connectivity index (χ0v) is 16.7. The Hall–Kier alpha value is -2.57. The van der Waals surface area contributed by atoms with E-state index >= 15 is 0 Å². The number of rotatable bonds is 4. The Labute approximate surface area is 171 Å². The van der Waals surface area contributed by atoms with Crippen LogP contribution in [0, 0.1) is 11.6 Å². The number of benzene rings is 3. The highest BCUT2D eigenvalue weighted by atomic mass is 79.9. The first-order chi connectivity index (χ1) is 13.1. The molecule has 0 radical (unpaired) electrons. The molecule has 6 heteroatoms. The molecular weight excluding hydrogens is 428 g/mol. The van der Waals surface area contributed by atoms with Crippen LogP contribution in [0.1, 0.15) is 0 Å². The molecule has 28 heavy (non-hydrogen) atoms. The zero-order valence-electron chi connectivity index (χ0n) is 15.1. The van der Waals surface area contributed by atoms with E-state index in [1.54, 1.807) is 25.3 Å². The third-order valence-electron chi connectivity index (χ3n) is 4.72. The number of fused-ring (bicyclic) bond motifs is 3. The molecule has 4 aromatic rings. The van der Waals surface area contributed by atoms with Crippen molar-refractivity contribution in [2.75, 3.05) is 13.7 Å². The Morgan fingerprint density at radius 2 is 1.64 bits per heavy atom. The second-order valence-corrected chi connectivity index (χ2v) is 6.35. The molecule has 0 aliphatic rings. The van der Waals surface area contributed by atoms with Crippen LogP contribution in [0.25, 0.3) is 32.8 Å². The SMILES string of the molecule is COc1cc2c[n+](CCO)c3ccc(F)cc3c2cc1-c1ccc(F)cc1.[Br-].